The van der Waals surface area contributed by atoms with E-state index in [9.17, 15) is 0 Å². The largest absolute Gasteiger partial charge is 0.432 e. The molecule has 3 nitrogen and oxygen atoms in total. The first-order chi connectivity index (χ1) is 7.85. The minimum Gasteiger partial charge on any atom is -0.432 e. The van der Waals surface area contributed by atoms with Crippen molar-refractivity contribution in [3.8, 4) is 0 Å². The van der Waals surface area contributed by atoms with Crippen molar-refractivity contribution < 1.29 is 4.42 Å². The molecule has 0 spiro atoms. The van der Waals surface area contributed by atoms with Crippen molar-refractivity contribution in [1.82, 2.24) is 4.98 Å². The molecular weight excluding hydrogens is 224 g/mol. The summed E-state index contributed by atoms with van der Waals surface area (Å²) < 4.78 is 5.49. The van der Waals surface area contributed by atoms with Crippen LogP contribution in [-0.2, 0) is 5.88 Å². The lowest BCUT2D eigenvalue weighted by Crippen LogP contribution is -2.36. The lowest BCUT2D eigenvalue weighted by molar-refractivity contribution is 0.394. The molecule has 1 aromatic heterocycles. The van der Waals surface area contributed by atoms with E-state index >= 15 is 0 Å². The van der Waals surface area contributed by atoms with Gasteiger partial charge in [-0.05, 0) is 19.8 Å². The van der Waals surface area contributed by atoms with Gasteiger partial charge in [-0.25, -0.2) is 0 Å². The SMILES string of the molecule is CCN(c1nc(CCl)co1)C1CCCCC1. The molecule has 0 radical (unpaired) electrons. The number of nitrogens with zero attached hydrogens (tertiary/aromatic N) is 2. The van der Waals surface area contributed by atoms with Gasteiger partial charge in [-0.3, -0.25) is 0 Å². The molecule has 2 rings (SSSR count). The monoisotopic (exact) mass is 242 g/mol. The maximum absolute atomic E-state index is 5.73. The molecule has 1 aliphatic carbocycles. The molecule has 90 valence electrons. The molecule has 1 saturated carbocycles. The van der Waals surface area contributed by atoms with E-state index in [1.54, 1.807) is 6.26 Å². The van der Waals surface area contributed by atoms with Crippen LogP contribution in [0.2, 0.25) is 0 Å². The van der Waals surface area contributed by atoms with Crippen LogP contribution in [0.3, 0.4) is 0 Å². The highest BCUT2D eigenvalue weighted by molar-refractivity contribution is 6.16. The van der Waals surface area contributed by atoms with E-state index in [1.807, 2.05) is 0 Å². The summed E-state index contributed by atoms with van der Waals surface area (Å²) in [6, 6.07) is 1.34. The predicted molar refractivity (Wildman–Crippen MR) is 66.0 cm³/mol. The van der Waals surface area contributed by atoms with E-state index in [1.165, 1.54) is 32.1 Å². The summed E-state index contributed by atoms with van der Waals surface area (Å²) in [5, 5.41) is 0. The third-order valence-electron chi connectivity index (χ3n) is 3.28. The number of rotatable bonds is 4. The normalized spacial score (nSPS) is 17.6. The van der Waals surface area contributed by atoms with Gasteiger partial charge in [0, 0.05) is 12.6 Å². The summed E-state index contributed by atoms with van der Waals surface area (Å²) in [5.41, 5.74) is 0.825. The molecule has 0 N–H and O–H groups in total. The van der Waals surface area contributed by atoms with Crippen molar-refractivity contribution in [2.24, 2.45) is 0 Å². The zero-order chi connectivity index (χ0) is 11.4. The van der Waals surface area contributed by atoms with Crippen molar-refractivity contribution in [2.45, 2.75) is 50.9 Å². The molecule has 0 aliphatic heterocycles. The van der Waals surface area contributed by atoms with Gasteiger partial charge in [-0.1, -0.05) is 19.3 Å². The summed E-state index contributed by atoms with van der Waals surface area (Å²) in [6.45, 7) is 3.10. The number of oxazole rings is 1. The number of halogens is 1. The van der Waals surface area contributed by atoms with Gasteiger partial charge < -0.3 is 9.32 Å². The lowest BCUT2D eigenvalue weighted by Gasteiger charge is -2.32. The molecule has 1 aromatic rings. The molecule has 0 saturated heterocycles. The van der Waals surface area contributed by atoms with Crippen molar-refractivity contribution in [3.05, 3.63) is 12.0 Å². The summed E-state index contributed by atoms with van der Waals surface area (Å²) in [6.07, 6.45) is 8.19. The molecule has 1 aliphatic rings. The molecule has 1 fully saturated rings. The number of hydrogen-bond donors (Lipinski definition) is 0. The lowest BCUT2D eigenvalue weighted by atomic mass is 9.94. The molecule has 1 heterocycles. The van der Waals surface area contributed by atoms with Gasteiger partial charge in [0.05, 0.1) is 11.6 Å². The van der Waals surface area contributed by atoms with Crippen LogP contribution in [0, 0.1) is 0 Å². The van der Waals surface area contributed by atoms with Crippen LogP contribution in [0.1, 0.15) is 44.7 Å². The molecule has 0 atom stereocenters. The molecule has 4 heteroatoms. The van der Waals surface area contributed by atoms with Crippen molar-refractivity contribution in [3.63, 3.8) is 0 Å². The average molecular weight is 243 g/mol. The Hall–Kier alpha value is -0.700. The van der Waals surface area contributed by atoms with E-state index in [0.29, 0.717) is 11.9 Å². The number of anilines is 1. The molecular formula is C12H19ClN2O. The summed E-state index contributed by atoms with van der Waals surface area (Å²) >= 11 is 5.73. The zero-order valence-corrected chi connectivity index (χ0v) is 10.5. The van der Waals surface area contributed by atoms with Crippen LogP contribution in [0.5, 0.6) is 0 Å². The second kappa shape index (κ2) is 5.58. The van der Waals surface area contributed by atoms with E-state index in [4.69, 9.17) is 16.0 Å². The second-order valence-corrected chi connectivity index (χ2v) is 4.60. The summed E-state index contributed by atoms with van der Waals surface area (Å²) in [7, 11) is 0. The van der Waals surface area contributed by atoms with Gasteiger partial charge in [0.2, 0.25) is 0 Å². The van der Waals surface area contributed by atoms with Gasteiger partial charge in [0.25, 0.3) is 6.01 Å². The first kappa shape index (κ1) is 11.8. The van der Waals surface area contributed by atoms with Crippen LogP contribution in [0.15, 0.2) is 10.7 Å². The van der Waals surface area contributed by atoms with Gasteiger partial charge >= 0.3 is 0 Å². The summed E-state index contributed by atoms with van der Waals surface area (Å²) in [4.78, 5) is 6.68. The molecule has 16 heavy (non-hydrogen) atoms. The Morgan fingerprint density at radius 1 is 1.44 bits per heavy atom. The highest BCUT2D eigenvalue weighted by atomic mass is 35.5. The first-order valence-corrected chi connectivity index (χ1v) is 6.65. The number of aromatic nitrogens is 1. The maximum atomic E-state index is 5.73. The Balaban J connectivity index is 2.08. The fourth-order valence-electron chi connectivity index (χ4n) is 2.43. The second-order valence-electron chi connectivity index (χ2n) is 4.33. The van der Waals surface area contributed by atoms with Crippen molar-refractivity contribution in [2.75, 3.05) is 11.4 Å². The van der Waals surface area contributed by atoms with Crippen LogP contribution in [0.4, 0.5) is 6.01 Å². The Bertz CT molecular complexity index is 321. The van der Waals surface area contributed by atoms with Crippen LogP contribution < -0.4 is 4.90 Å². The molecule has 0 bridgehead atoms. The Labute approximate surface area is 102 Å². The number of alkyl halides is 1. The van der Waals surface area contributed by atoms with Crippen molar-refractivity contribution >= 4 is 17.6 Å². The van der Waals surface area contributed by atoms with E-state index in [-0.39, 0.29) is 0 Å². The van der Waals surface area contributed by atoms with Crippen LogP contribution in [-0.4, -0.2) is 17.6 Å². The van der Waals surface area contributed by atoms with E-state index < -0.39 is 0 Å². The fourth-order valence-corrected chi connectivity index (χ4v) is 2.55. The molecule has 0 amide bonds. The van der Waals surface area contributed by atoms with Gasteiger partial charge in [0.15, 0.2) is 0 Å². The van der Waals surface area contributed by atoms with Crippen LogP contribution in [0.25, 0.3) is 0 Å². The topological polar surface area (TPSA) is 29.3 Å². The smallest absolute Gasteiger partial charge is 0.297 e. The third-order valence-corrected chi connectivity index (χ3v) is 3.55. The summed E-state index contributed by atoms with van der Waals surface area (Å²) in [5.74, 6) is 0.422. The minimum absolute atomic E-state index is 0.422. The number of hydrogen-bond acceptors (Lipinski definition) is 3. The predicted octanol–water partition coefficient (Wildman–Crippen LogP) is 3.57. The van der Waals surface area contributed by atoms with Gasteiger partial charge in [0.1, 0.15) is 6.26 Å². The average Bonchev–Trinajstić information content (AvgIpc) is 2.80. The van der Waals surface area contributed by atoms with Gasteiger partial charge in [-0.15, -0.1) is 11.6 Å². The highest BCUT2D eigenvalue weighted by Crippen LogP contribution is 2.26. The minimum atomic E-state index is 0.422. The van der Waals surface area contributed by atoms with Crippen molar-refractivity contribution in [1.29, 1.82) is 0 Å². The molecule has 0 unspecified atom stereocenters. The Morgan fingerprint density at radius 3 is 2.75 bits per heavy atom. The Morgan fingerprint density at radius 2 is 2.19 bits per heavy atom. The standard InChI is InChI=1S/C12H19ClN2O/c1-2-15(11-6-4-3-5-7-11)12-14-10(8-13)9-16-12/h9,11H,2-8H2,1H3. The first-order valence-electron chi connectivity index (χ1n) is 6.12. The van der Waals surface area contributed by atoms with Crippen LogP contribution >= 0.6 is 11.6 Å². The fraction of sp³-hybridized carbons (Fsp3) is 0.750. The highest BCUT2D eigenvalue weighted by Gasteiger charge is 2.23. The maximum Gasteiger partial charge on any atom is 0.297 e. The third kappa shape index (κ3) is 2.51. The van der Waals surface area contributed by atoms with Gasteiger partial charge in [-0.2, -0.15) is 4.98 Å². The van der Waals surface area contributed by atoms with E-state index in [0.717, 1.165) is 18.3 Å². The molecule has 0 aromatic carbocycles. The zero-order valence-electron chi connectivity index (χ0n) is 9.79. The van der Waals surface area contributed by atoms with E-state index in [2.05, 4.69) is 16.8 Å². The Kier molecular flexibility index (Phi) is 4.10. The quantitative estimate of drug-likeness (QED) is 0.756.